The van der Waals surface area contributed by atoms with Gasteiger partial charge in [-0.05, 0) is 16.5 Å². The summed E-state index contributed by atoms with van der Waals surface area (Å²) >= 11 is 0. The molecule has 0 saturated carbocycles. The van der Waals surface area contributed by atoms with Gasteiger partial charge in [-0.3, -0.25) is 0 Å². The van der Waals surface area contributed by atoms with Gasteiger partial charge in [0.2, 0.25) is 0 Å². The van der Waals surface area contributed by atoms with Crippen LogP contribution in [0.4, 0.5) is 0 Å². The summed E-state index contributed by atoms with van der Waals surface area (Å²) in [5.74, 6) is 0. The monoisotopic (exact) mass is 419 g/mol. The van der Waals surface area contributed by atoms with E-state index < -0.39 is 16.5 Å². The summed E-state index contributed by atoms with van der Waals surface area (Å²) in [4.78, 5) is 0. The first kappa shape index (κ1) is 25.9. The molecule has 0 aliphatic carbocycles. The minimum atomic E-state index is -2.08. The second-order valence-corrected chi connectivity index (χ2v) is 19.1. The van der Waals surface area contributed by atoms with Crippen molar-refractivity contribution >= 4 is 26.8 Å². The fourth-order valence-corrected chi connectivity index (χ4v) is 19.4. The molecule has 2 rings (SSSR count). The van der Waals surface area contributed by atoms with E-state index >= 15 is 0 Å². The summed E-state index contributed by atoms with van der Waals surface area (Å²) in [6.07, 6.45) is 0. The van der Waals surface area contributed by atoms with Crippen molar-refractivity contribution in [2.24, 2.45) is 0 Å². The van der Waals surface area contributed by atoms with Crippen molar-refractivity contribution in [2.45, 2.75) is 77.6 Å². The van der Waals surface area contributed by atoms with Gasteiger partial charge >= 0.3 is 29.6 Å². The van der Waals surface area contributed by atoms with Gasteiger partial charge in [0.1, 0.15) is 0 Å². The van der Waals surface area contributed by atoms with Crippen LogP contribution in [0, 0.1) is 0 Å². The van der Waals surface area contributed by atoms with Crippen molar-refractivity contribution < 1.29 is 29.6 Å². The Kier molecular flexibility index (Phi) is 9.92. The molecule has 0 spiro atoms. The Morgan fingerprint density at radius 3 is 0.964 bits per heavy atom. The van der Waals surface area contributed by atoms with E-state index in [1.54, 1.807) is 0 Å². The molecule has 2 aromatic rings. The summed E-state index contributed by atoms with van der Waals surface area (Å²) in [7, 11) is -4.17. The van der Waals surface area contributed by atoms with E-state index in [1.165, 1.54) is 10.4 Å². The van der Waals surface area contributed by atoms with E-state index in [4.69, 9.17) is 4.65 Å². The second kappa shape index (κ2) is 10.7. The fourth-order valence-electron chi connectivity index (χ4n) is 5.03. The summed E-state index contributed by atoms with van der Waals surface area (Å²) in [5, 5.41) is 3.01. The minimum Gasteiger partial charge on any atom is -0.658 e. The Bertz CT molecular complexity index is 622. The predicted molar refractivity (Wildman–Crippen MR) is 127 cm³/mol. The van der Waals surface area contributed by atoms with Crippen molar-refractivity contribution in [3.63, 3.8) is 0 Å². The van der Waals surface area contributed by atoms with Crippen LogP contribution < -0.4 is 39.9 Å². The normalized spacial score (nSPS) is 12.7. The van der Waals surface area contributed by atoms with Gasteiger partial charge < -0.3 is 4.65 Å². The summed E-state index contributed by atoms with van der Waals surface area (Å²) in [6.45, 7) is 19.3. The Balaban J connectivity index is 0.00000392. The van der Waals surface area contributed by atoms with Crippen LogP contribution in [0.3, 0.4) is 0 Å². The van der Waals surface area contributed by atoms with Crippen molar-refractivity contribution in [1.82, 2.24) is 0 Å². The third-order valence-electron chi connectivity index (χ3n) is 6.36. The molecule has 0 amide bonds. The maximum absolute atomic E-state index is 6.16. The Hall–Kier alpha value is -0.166. The average Bonchev–Trinajstić information content (AvgIpc) is 2.63. The van der Waals surface area contributed by atoms with Crippen molar-refractivity contribution in [3.8, 4) is 0 Å². The zero-order chi connectivity index (χ0) is 20.2. The molecule has 0 aliphatic rings. The van der Waals surface area contributed by atoms with Gasteiger partial charge in [0.05, 0.1) is 0 Å². The maximum Gasteiger partial charge on any atom is 1.00 e. The quantitative estimate of drug-likeness (QED) is 0.579. The maximum atomic E-state index is 6.16. The zero-order valence-corrected chi connectivity index (χ0v) is 23.5. The van der Waals surface area contributed by atoms with E-state index in [2.05, 4.69) is 116 Å². The molecular formula is C24H38NNaSi2. The number of rotatable bonds is 8. The molecule has 0 bridgehead atoms. The first-order valence-electron chi connectivity index (χ1n) is 10.5. The summed E-state index contributed by atoms with van der Waals surface area (Å²) < 4.78 is 6.16. The molecule has 1 nitrogen and oxygen atoms in total. The summed E-state index contributed by atoms with van der Waals surface area (Å²) in [5.41, 5.74) is 2.31. The SMILES string of the molecule is CC(C)[Si]([N-][Si](c1ccccc1)(C(C)C)C(C)C)(c1ccccc1)C(C)C.[Na+]. The van der Waals surface area contributed by atoms with Gasteiger partial charge in [-0.15, -0.1) is 0 Å². The van der Waals surface area contributed by atoms with Gasteiger partial charge in [0, 0.05) is 0 Å². The largest absolute Gasteiger partial charge is 1.00 e. The molecule has 0 radical (unpaired) electrons. The molecule has 0 saturated heterocycles. The van der Waals surface area contributed by atoms with Crippen LogP contribution in [0.25, 0.3) is 4.65 Å². The molecule has 0 N–H and O–H groups in total. The molecule has 28 heavy (non-hydrogen) atoms. The van der Waals surface area contributed by atoms with Gasteiger partial charge in [0.25, 0.3) is 0 Å². The molecule has 0 atom stereocenters. The Labute approximate surface area is 198 Å². The summed E-state index contributed by atoms with van der Waals surface area (Å²) in [6, 6.07) is 22.5. The molecule has 0 heterocycles. The molecule has 4 heteroatoms. The minimum absolute atomic E-state index is 0. The van der Waals surface area contributed by atoms with E-state index in [-0.39, 0.29) is 29.6 Å². The Morgan fingerprint density at radius 1 is 0.500 bits per heavy atom. The molecule has 0 aliphatic heterocycles. The van der Waals surface area contributed by atoms with Gasteiger partial charge in [0.15, 0.2) is 0 Å². The van der Waals surface area contributed by atoms with Crippen LogP contribution in [0.5, 0.6) is 0 Å². The molecule has 0 aromatic heterocycles. The van der Waals surface area contributed by atoms with Crippen LogP contribution in [0.1, 0.15) is 55.4 Å². The number of hydrogen-bond acceptors (Lipinski definition) is 0. The van der Waals surface area contributed by atoms with Crippen molar-refractivity contribution in [1.29, 1.82) is 0 Å². The predicted octanol–water partition coefficient (Wildman–Crippen LogP) is 3.71. The standard InChI is InChI=1S/C24H38NSi2.Na/c1-19(2)26(20(3)4,23-15-11-9-12-16-23)25-27(21(5)6,22(7)8)24-17-13-10-14-18-24;/h9-22H,1-8H3;/q-1;+1. The van der Waals surface area contributed by atoms with E-state index in [0.717, 1.165) is 0 Å². The number of nitrogens with zero attached hydrogens (tertiary/aromatic N) is 1. The van der Waals surface area contributed by atoms with E-state index in [9.17, 15) is 0 Å². The van der Waals surface area contributed by atoms with E-state index in [1.807, 2.05) is 0 Å². The molecular weight excluding hydrogens is 381 g/mol. The topological polar surface area (TPSA) is 14.1 Å². The number of benzene rings is 2. The van der Waals surface area contributed by atoms with Crippen LogP contribution in [0.15, 0.2) is 60.7 Å². The first-order chi connectivity index (χ1) is 12.7. The molecule has 0 fully saturated rings. The van der Waals surface area contributed by atoms with Crippen LogP contribution in [0.2, 0.25) is 22.2 Å². The van der Waals surface area contributed by atoms with E-state index in [0.29, 0.717) is 22.2 Å². The smallest absolute Gasteiger partial charge is 0.658 e. The first-order valence-corrected chi connectivity index (χ1v) is 14.7. The van der Waals surface area contributed by atoms with Crippen molar-refractivity contribution in [3.05, 3.63) is 65.3 Å². The average molecular weight is 420 g/mol. The number of hydrogen-bond donors (Lipinski definition) is 0. The zero-order valence-electron chi connectivity index (χ0n) is 19.5. The van der Waals surface area contributed by atoms with Crippen LogP contribution >= 0.6 is 0 Å². The third kappa shape index (κ3) is 4.76. The molecule has 2 aromatic carbocycles. The van der Waals surface area contributed by atoms with Gasteiger partial charge in [-0.2, -0.15) is 0 Å². The molecule has 0 unspecified atom stereocenters. The molecule has 148 valence electrons. The fraction of sp³-hybridized carbons (Fsp3) is 0.500. The third-order valence-corrected chi connectivity index (χ3v) is 18.9. The van der Waals surface area contributed by atoms with Crippen molar-refractivity contribution in [2.75, 3.05) is 0 Å². The second-order valence-electron chi connectivity index (χ2n) is 9.11. The van der Waals surface area contributed by atoms with Crippen LogP contribution in [-0.2, 0) is 0 Å². The van der Waals surface area contributed by atoms with Gasteiger partial charge in [-0.25, -0.2) is 0 Å². The van der Waals surface area contributed by atoms with Crippen LogP contribution in [-0.4, -0.2) is 16.5 Å². The Morgan fingerprint density at radius 2 is 0.750 bits per heavy atom. The van der Waals surface area contributed by atoms with Gasteiger partial charge in [-0.1, -0.05) is 149 Å².